The fourth-order valence-electron chi connectivity index (χ4n) is 1.32. The molecule has 1 aromatic carbocycles. The van der Waals surface area contributed by atoms with Crippen molar-refractivity contribution in [1.82, 2.24) is 15.2 Å². The van der Waals surface area contributed by atoms with E-state index in [4.69, 9.17) is 5.26 Å². The topological polar surface area (TPSA) is 102 Å². The van der Waals surface area contributed by atoms with Gasteiger partial charge < -0.3 is 0 Å². The minimum absolute atomic E-state index is 0.192. The Morgan fingerprint density at radius 2 is 2.22 bits per heavy atom. The van der Waals surface area contributed by atoms with Gasteiger partial charge in [0.15, 0.2) is 5.03 Å². The van der Waals surface area contributed by atoms with Gasteiger partial charge in [0, 0.05) is 5.75 Å². The number of benzene rings is 1. The molecular weight excluding hydrogens is 252 g/mol. The average Bonchev–Trinajstić information content (AvgIpc) is 2.38. The molecule has 0 aliphatic carbocycles. The van der Waals surface area contributed by atoms with E-state index in [1.807, 2.05) is 12.1 Å². The van der Waals surface area contributed by atoms with Gasteiger partial charge in [0.1, 0.15) is 0 Å². The predicted octanol–water partition coefficient (Wildman–Crippen LogP) is 0.622. The Bertz CT molecular complexity index is 714. The van der Waals surface area contributed by atoms with Crippen LogP contribution in [0.4, 0.5) is 0 Å². The molecule has 0 fully saturated rings. The number of nitrogens with zero attached hydrogens (tertiary/aromatic N) is 2. The van der Waals surface area contributed by atoms with Gasteiger partial charge in [-0.3, -0.25) is 9.78 Å². The minimum atomic E-state index is -0.629. The summed E-state index contributed by atoms with van der Waals surface area (Å²) >= 11 is 1.19. The zero-order chi connectivity index (χ0) is 13.0. The van der Waals surface area contributed by atoms with Crippen LogP contribution in [0.5, 0.6) is 0 Å². The van der Waals surface area contributed by atoms with E-state index in [1.54, 1.807) is 18.2 Å². The number of hydrogen-bond donors (Lipinski definition) is 2. The van der Waals surface area contributed by atoms with E-state index in [9.17, 15) is 9.59 Å². The molecule has 0 amide bonds. The fraction of sp³-hybridized carbons (Fsp3) is 0.0909. The Morgan fingerprint density at radius 1 is 1.39 bits per heavy atom. The third-order valence-corrected chi connectivity index (χ3v) is 3.14. The van der Waals surface area contributed by atoms with Crippen LogP contribution in [0.15, 0.2) is 38.9 Å². The lowest BCUT2D eigenvalue weighted by atomic mass is 10.2. The first-order chi connectivity index (χ1) is 8.69. The Kier molecular flexibility index (Phi) is 3.60. The molecule has 0 aliphatic rings. The highest BCUT2D eigenvalue weighted by Gasteiger charge is 2.04. The quantitative estimate of drug-likeness (QED) is 0.788. The van der Waals surface area contributed by atoms with Crippen LogP contribution in [0.1, 0.15) is 11.1 Å². The highest BCUT2D eigenvalue weighted by Crippen LogP contribution is 2.17. The van der Waals surface area contributed by atoms with Crippen LogP contribution in [-0.2, 0) is 5.75 Å². The second-order valence-corrected chi connectivity index (χ2v) is 4.38. The molecule has 0 spiro atoms. The zero-order valence-corrected chi connectivity index (χ0v) is 9.95. The van der Waals surface area contributed by atoms with Crippen molar-refractivity contribution in [2.24, 2.45) is 0 Å². The highest BCUT2D eigenvalue weighted by atomic mass is 32.2. The van der Waals surface area contributed by atoms with Gasteiger partial charge in [-0.2, -0.15) is 10.4 Å². The van der Waals surface area contributed by atoms with Crippen LogP contribution in [0.3, 0.4) is 0 Å². The lowest BCUT2D eigenvalue weighted by Crippen LogP contribution is -2.24. The number of thioether (sulfide) groups is 1. The van der Waals surface area contributed by atoms with Gasteiger partial charge in [-0.1, -0.05) is 23.9 Å². The van der Waals surface area contributed by atoms with Crippen molar-refractivity contribution in [3.63, 3.8) is 0 Å². The molecule has 90 valence electrons. The summed E-state index contributed by atoms with van der Waals surface area (Å²) in [7, 11) is 0. The first-order valence-corrected chi connectivity index (χ1v) is 5.98. The SMILES string of the molecule is N#Cc1cccc(CSc2n[nH]c(=O)[nH]c2=O)c1. The van der Waals surface area contributed by atoms with Crippen molar-refractivity contribution in [3.05, 3.63) is 56.2 Å². The molecule has 0 saturated carbocycles. The molecular formula is C11H8N4O2S. The third kappa shape index (κ3) is 2.87. The maximum Gasteiger partial charge on any atom is 0.342 e. The van der Waals surface area contributed by atoms with E-state index in [1.165, 1.54) is 11.8 Å². The molecule has 0 atom stereocenters. The first kappa shape index (κ1) is 12.1. The summed E-state index contributed by atoms with van der Waals surface area (Å²) in [4.78, 5) is 24.2. The van der Waals surface area contributed by atoms with Crippen molar-refractivity contribution in [3.8, 4) is 6.07 Å². The summed E-state index contributed by atoms with van der Waals surface area (Å²) in [6.07, 6.45) is 0. The maximum absolute atomic E-state index is 11.4. The van der Waals surface area contributed by atoms with Crippen molar-refractivity contribution in [2.45, 2.75) is 10.8 Å². The molecule has 0 saturated heterocycles. The Labute approximate surface area is 106 Å². The summed E-state index contributed by atoms with van der Waals surface area (Å²) < 4.78 is 0. The number of hydrogen-bond acceptors (Lipinski definition) is 5. The van der Waals surface area contributed by atoms with Gasteiger partial charge in [0.25, 0.3) is 5.56 Å². The smallest absolute Gasteiger partial charge is 0.271 e. The molecule has 6 nitrogen and oxygen atoms in total. The number of aromatic nitrogens is 3. The van der Waals surface area contributed by atoms with Crippen molar-refractivity contribution in [1.29, 1.82) is 5.26 Å². The molecule has 18 heavy (non-hydrogen) atoms. The standard InChI is InChI=1S/C11H8N4O2S/c12-5-7-2-1-3-8(4-7)6-18-10-9(16)13-11(17)15-14-10/h1-4H,6H2,(H2,13,15,16,17). The lowest BCUT2D eigenvalue weighted by molar-refractivity contribution is 0.807. The molecule has 1 heterocycles. The van der Waals surface area contributed by atoms with E-state index >= 15 is 0 Å². The molecule has 1 aromatic heterocycles. The lowest BCUT2D eigenvalue weighted by Gasteiger charge is -2.00. The first-order valence-electron chi connectivity index (χ1n) is 5.00. The van der Waals surface area contributed by atoms with E-state index in [-0.39, 0.29) is 5.03 Å². The van der Waals surface area contributed by atoms with Gasteiger partial charge in [-0.25, -0.2) is 9.89 Å². The van der Waals surface area contributed by atoms with Crippen LogP contribution in [0, 0.1) is 11.3 Å². The summed E-state index contributed by atoms with van der Waals surface area (Å²) in [6.45, 7) is 0. The molecule has 0 aliphatic heterocycles. The van der Waals surface area contributed by atoms with E-state index in [2.05, 4.69) is 15.2 Å². The van der Waals surface area contributed by atoms with Gasteiger partial charge in [0.2, 0.25) is 0 Å². The van der Waals surface area contributed by atoms with Crippen LogP contribution < -0.4 is 11.2 Å². The van der Waals surface area contributed by atoms with E-state index < -0.39 is 11.2 Å². The number of rotatable bonds is 3. The number of H-pyrrole nitrogens is 2. The fourth-order valence-corrected chi connectivity index (χ4v) is 2.09. The molecule has 2 N–H and O–H groups in total. The highest BCUT2D eigenvalue weighted by molar-refractivity contribution is 7.98. The summed E-state index contributed by atoms with van der Waals surface area (Å²) in [5.41, 5.74) is 0.332. The van der Waals surface area contributed by atoms with E-state index in [0.29, 0.717) is 11.3 Å². The van der Waals surface area contributed by atoms with Crippen molar-refractivity contribution in [2.75, 3.05) is 0 Å². The Morgan fingerprint density at radius 3 is 2.94 bits per heavy atom. The molecule has 2 rings (SSSR count). The second-order valence-electron chi connectivity index (χ2n) is 3.41. The number of aromatic amines is 2. The molecule has 2 aromatic rings. The molecule has 0 radical (unpaired) electrons. The third-order valence-electron chi connectivity index (χ3n) is 2.11. The maximum atomic E-state index is 11.4. The van der Waals surface area contributed by atoms with Crippen LogP contribution in [-0.4, -0.2) is 15.2 Å². The van der Waals surface area contributed by atoms with Crippen LogP contribution in [0.25, 0.3) is 0 Å². The Balaban J connectivity index is 2.14. The Hall–Kier alpha value is -2.33. The number of nitriles is 1. The predicted molar refractivity (Wildman–Crippen MR) is 66.2 cm³/mol. The monoisotopic (exact) mass is 260 g/mol. The summed E-state index contributed by atoms with van der Waals surface area (Å²) in [6, 6.07) is 9.13. The van der Waals surface area contributed by atoms with E-state index in [0.717, 1.165) is 5.56 Å². The van der Waals surface area contributed by atoms with Crippen LogP contribution >= 0.6 is 11.8 Å². The van der Waals surface area contributed by atoms with Gasteiger partial charge in [-0.15, -0.1) is 0 Å². The molecule has 0 bridgehead atoms. The summed E-state index contributed by atoms with van der Waals surface area (Å²) in [5.74, 6) is 0.498. The minimum Gasteiger partial charge on any atom is -0.271 e. The zero-order valence-electron chi connectivity index (χ0n) is 9.14. The normalized spacial score (nSPS) is 9.94. The van der Waals surface area contributed by atoms with Gasteiger partial charge in [0.05, 0.1) is 11.6 Å². The van der Waals surface area contributed by atoms with Gasteiger partial charge >= 0.3 is 5.69 Å². The van der Waals surface area contributed by atoms with Crippen molar-refractivity contribution < 1.29 is 0 Å². The molecule has 0 unspecified atom stereocenters. The van der Waals surface area contributed by atoms with Gasteiger partial charge in [-0.05, 0) is 17.7 Å². The average molecular weight is 260 g/mol. The van der Waals surface area contributed by atoms with Crippen LogP contribution in [0.2, 0.25) is 0 Å². The van der Waals surface area contributed by atoms with Crippen molar-refractivity contribution >= 4 is 11.8 Å². The number of nitrogens with one attached hydrogen (secondary N) is 2. The summed E-state index contributed by atoms with van der Waals surface area (Å²) in [5, 5.41) is 14.8. The molecule has 7 heteroatoms. The second kappa shape index (κ2) is 5.33. The largest absolute Gasteiger partial charge is 0.342 e.